The molecule has 0 saturated heterocycles. The maximum atomic E-state index is 11.3. The number of thiophene rings is 1. The zero-order valence-corrected chi connectivity index (χ0v) is 8.80. The first-order valence-electron chi connectivity index (χ1n) is 4.50. The quantitative estimate of drug-likeness (QED) is 0.716. The third-order valence-electron chi connectivity index (χ3n) is 2.36. The molecule has 0 atom stereocenters. The van der Waals surface area contributed by atoms with E-state index < -0.39 is 5.60 Å². The lowest BCUT2D eigenvalue weighted by Crippen LogP contribution is -2.27. The molecular formula is C10H12O3S. The molecule has 0 aliphatic heterocycles. The van der Waals surface area contributed by atoms with Gasteiger partial charge in [-0.3, -0.25) is 0 Å². The van der Waals surface area contributed by atoms with Crippen LogP contribution in [0.2, 0.25) is 0 Å². The van der Waals surface area contributed by atoms with E-state index in [2.05, 4.69) is 4.74 Å². The summed E-state index contributed by atoms with van der Waals surface area (Å²) in [6, 6.07) is 2.00. The van der Waals surface area contributed by atoms with Gasteiger partial charge in [-0.05, 0) is 35.2 Å². The van der Waals surface area contributed by atoms with Crippen LogP contribution in [0.15, 0.2) is 16.8 Å². The second-order valence-electron chi connectivity index (χ2n) is 3.41. The first kappa shape index (κ1) is 9.68. The van der Waals surface area contributed by atoms with Crippen molar-refractivity contribution in [1.82, 2.24) is 0 Å². The second kappa shape index (κ2) is 3.71. The molecule has 1 aliphatic rings. The SMILES string of the molecule is COC(=O)C1(OCc2ccsc2)CC1. The molecule has 1 saturated carbocycles. The van der Waals surface area contributed by atoms with Crippen LogP contribution in [-0.2, 0) is 20.9 Å². The highest BCUT2D eigenvalue weighted by Crippen LogP contribution is 2.41. The van der Waals surface area contributed by atoms with Gasteiger partial charge in [0.1, 0.15) is 0 Å². The maximum absolute atomic E-state index is 11.3. The molecule has 0 radical (unpaired) electrons. The Bertz CT molecular complexity index is 314. The molecule has 1 aliphatic carbocycles. The molecule has 0 spiro atoms. The molecule has 3 nitrogen and oxygen atoms in total. The molecule has 14 heavy (non-hydrogen) atoms. The Balaban J connectivity index is 1.89. The van der Waals surface area contributed by atoms with Crippen LogP contribution >= 0.6 is 11.3 Å². The van der Waals surface area contributed by atoms with Crippen LogP contribution in [0.25, 0.3) is 0 Å². The zero-order chi connectivity index (χ0) is 10.0. The van der Waals surface area contributed by atoms with Gasteiger partial charge in [0.25, 0.3) is 0 Å². The Morgan fingerprint density at radius 2 is 2.43 bits per heavy atom. The summed E-state index contributed by atoms with van der Waals surface area (Å²) in [6.07, 6.45) is 1.56. The van der Waals surface area contributed by atoms with Gasteiger partial charge in [0.05, 0.1) is 13.7 Å². The van der Waals surface area contributed by atoms with E-state index in [1.807, 2.05) is 16.8 Å². The second-order valence-corrected chi connectivity index (χ2v) is 4.19. The average molecular weight is 212 g/mol. The van der Waals surface area contributed by atoms with E-state index in [4.69, 9.17) is 4.74 Å². The standard InChI is InChI=1S/C10H12O3S/c1-12-9(11)10(3-4-10)13-6-8-2-5-14-7-8/h2,5,7H,3-4,6H2,1H3. The van der Waals surface area contributed by atoms with Crippen molar-refractivity contribution >= 4 is 17.3 Å². The summed E-state index contributed by atoms with van der Waals surface area (Å²) in [5, 5.41) is 4.02. The molecule has 4 heteroatoms. The van der Waals surface area contributed by atoms with Gasteiger partial charge in [-0.15, -0.1) is 0 Å². The van der Waals surface area contributed by atoms with E-state index in [-0.39, 0.29) is 5.97 Å². The van der Waals surface area contributed by atoms with E-state index in [1.165, 1.54) is 7.11 Å². The van der Waals surface area contributed by atoms with Crippen molar-refractivity contribution in [3.05, 3.63) is 22.4 Å². The predicted octanol–water partition coefficient (Wildman–Crippen LogP) is 1.97. The summed E-state index contributed by atoms with van der Waals surface area (Å²) < 4.78 is 10.3. The minimum Gasteiger partial charge on any atom is -0.467 e. The monoisotopic (exact) mass is 212 g/mol. The maximum Gasteiger partial charge on any atom is 0.338 e. The fourth-order valence-corrected chi connectivity index (χ4v) is 1.96. The predicted molar refractivity (Wildman–Crippen MR) is 53.1 cm³/mol. The van der Waals surface area contributed by atoms with Crippen LogP contribution in [0.1, 0.15) is 18.4 Å². The van der Waals surface area contributed by atoms with E-state index in [0.29, 0.717) is 6.61 Å². The van der Waals surface area contributed by atoms with Crippen molar-refractivity contribution in [3.63, 3.8) is 0 Å². The summed E-state index contributed by atoms with van der Waals surface area (Å²) in [4.78, 5) is 11.3. The molecule has 0 unspecified atom stereocenters. The number of carbonyl (C=O) groups is 1. The van der Waals surface area contributed by atoms with E-state index in [0.717, 1.165) is 18.4 Å². The third-order valence-corrected chi connectivity index (χ3v) is 3.09. The third kappa shape index (κ3) is 1.81. The lowest BCUT2D eigenvalue weighted by molar-refractivity contribution is -0.158. The van der Waals surface area contributed by atoms with Crippen molar-refractivity contribution in [1.29, 1.82) is 0 Å². The van der Waals surface area contributed by atoms with Crippen molar-refractivity contribution < 1.29 is 14.3 Å². The van der Waals surface area contributed by atoms with Crippen LogP contribution in [0.3, 0.4) is 0 Å². The Labute approximate surface area is 86.6 Å². The fraction of sp³-hybridized carbons (Fsp3) is 0.500. The van der Waals surface area contributed by atoms with E-state index in [1.54, 1.807) is 11.3 Å². The Morgan fingerprint density at radius 3 is 2.93 bits per heavy atom. The summed E-state index contributed by atoms with van der Waals surface area (Å²) in [7, 11) is 1.40. The number of ether oxygens (including phenoxy) is 2. The van der Waals surface area contributed by atoms with Gasteiger partial charge in [0.15, 0.2) is 5.60 Å². The molecule has 2 rings (SSSR count). The Kier molecular flexibility index (Phi) is 2.56. The number of hydrogen-bond donors (Lipinski definition) is 0. The molecule has 1 fully saturated rings. The summed E-state index contributed by atoms with van der Waals surface area (Å²) >= 11 is 1.63. The van der Waals surface area contributed by atoms with Gasteiger partial charge >= 0.3 is 5.97 Å². The summed E-state index contributed by atoms with van der Waals surface area (Å²) in [6.45, 7) is 0.499. The summed E-state index contributed by atoms with van der Waals surface area (Å²) in [5.74, 6) is -0.243. The molecule has 1 heterocycles. The van der Waals surface area contributed by atoms with Gasteiger partial charge in [-0.25, -0.2) is 4.79 Å². The van der Waals surface area contributed by atoms with Crippen molar-refractivity contribution in [3.8, 4) is 0 Å². The molecule has 76 valence electrons. The van der Waals surface area contributed by atoms with E-state index >= 15 is 0 Å². The van der Waals surface area contributed by atoms with Crippen molar-refractivity contribution in [2.24, 2.45) is 0 Å². The van der Waals surface area contributed by atoms with Crippen molar-refractivity contribution in [2.45, 2.75) is 25.0 Å². The zero-order valence-electron chi connectivity index (χ0n) is 7.99. The topological polar surface area (TPSA) is 35.5 Å². The van der Waals surface area contributed by atoms with E-state index in [9.17, 15) is 4.79 Å². The smallest absolute Gasteiger partial charge is 0.338 e. The summed E-state index contributed by atoms with van der Waals surface area (Å²) in [5.41, 5.74) is 0.488. The minimum absolute atomic E-state index is 0.243. The number of hydrogen-bond acceptors (Lipinski definition) is 4. The largest absolute Gasteiger partial charge is 0.467 e. The molecule has 0 bridgehead atoms. The highest BCUT2D eigenvalue weighted by molar-refractivity contribution is 7.07. The molecular weight excluding hydrogens is 200 g/mol. The minimum atomic E-state index is -0.628. The van der Waals surface area contributed by atoms with Crippen LogP contribution in [0.5, 0.6) is 0 Å². The van der Waals surface area contributed by atoms with Crippen LogP contribution in [-0.4, -0.2) is 18.7 Å². The average Bonchev–Trinajstić information content (AvgIpc) is 2.83. The van der Waals surface area contributed by atoms with Gasteiger partial charge in [-0.1, -0.05) is 0 Å². The van der Waals surface area contributed by atoms with Crippen molar-refractivity contribution in [2.75, 3.05) is 7.11 Å². The van der Waals surface area contributed by atoms with Gasteiger partial charge in [0.2, 0.25) is 0 Å². The van der Waals surface area contributed by atoms with Crippen LogP contribution < -0.4 is 0 Å². The molecule has 1 aromatic rings. The highest BCUT2D eigenvalue weighted by atomic mass is 32.1. The van der Waals surface area contributed by atoms with Gasteiger partial charge < -0.3 is 9.47 Å². The lowest BCUT2D eigenvalue weighted by atomic mass is 10.3. The number of rotatable bonds is 4. The highest BCUT2D eigenvalue weighted by Gasteiger charge is 2.52. The first-order valence-corrected chi connectivity index (χ1v) is 5.44. The first-order chi connectivity index (χ1) is 6.77. The number of esters is 1. The number of methoxy groups -OCH3 is 1. The molecule has 0 amide bonds. The Morgan fingerprint density at radius 1 is 1.64 bits per heavy atom. The molecule has 1 aromatic heterocycles. The van der Waals surface area contributed by atoms with Crippen LogP contribution in [0, 0.1) is 0 Å². The normalized spacial score (nSPS) is 17.8. The fourth-order valence-electron chi connectivity index (χ4n) is 1.30. The van der Waals surface area contributed by atoms with Gasteiger partial charge in [0, 0.05) is 0 Å². The lowest BCUT2D eigenvalue weighted by Gasteiger charge is -2.12. The van der Waals surface area contributed by atoms with Gasteiger partial charge in [-0.2, -0.15) is 11.3 Å². The Hall–Kier alpha value is -0.870. The van der Waals surface area contributed by atoms with Crippen LogP contribution in [0.4, 0.5) is 0 Å². The molecule has 0 aromatic carbocycles. The molecule has 0 N–H and O–H groups in total. The number of carbonyl (C=O) groups excluding carboxylic acids is 1.